The molecule has 1 heterocycles. The maximum absolute atomic E-state index is 13.9. The second-order valence-corrected chi connectivity index (χ2v) is 6.61. The van der Waals surface area contributed by atoms with E-state index in [-0.39, 0.29) is 18.0 Å². The molecule has 120 valence electrons. The molecule has 0 aromatic heterocycles. The number of nitrogens with one attached hydrogen (secondary N) is 1. The minimum atomic E-state index is -0.173. The Kier molecular flexibility index (Phi) is 3.92. The predicted octanol–water partition coefficient (Wildman–Crippen LogP) is 3.86. The Hall–Kier alpha value is -1.71. The molecule has 0 saturated carbocycles. The van der Waals surface area contributed by atoms with Crippen molar-refractivity contribution in [1.29, 1.82) is 0 Å². The van der Waals surface area contributed by atoms with Crippen molar-refractivity contribution in [2.24, 2.45) is 5.92 Å². The van der Waals surface area contributed by atoms with E-state index in [0.717, 1.165) is 31.4 Å². The lowest BCUT2D eigenvalue weighted by atomic mass is 9.85. The first-order chi connectivity index (χ1) is 11.3. The molecule has 2 nitrogen and oxygen atoms in total. The molecular formula is C20H22FNO. The van der Waals surface area contributed by atoms with E-state index in [0.29, 0.717) is 5.92 Å². The third-order valence-electron chi connectivity index (χ3n) is 5.13. The SMILES string of the molecule is CNC[C@H]1C[C@@H]2C3=CC=CCC=C3Cc3ccc(F)cc3[C@H]2O1. The first kappa shape index (κ1) is 14.9. The monoisotopic (exact) mass is 311 g/mol. The normalized spacial score (nSPS) is 28.9. The topological polar surface area (TPSA) is 21.3 Å². The van der Waals surface area contributed by atoms with Crippen molar-refractivity contribution in [3.05, 3.63) is 70.6 Å². The Morgan fingerprint density at radius 1 is 1.35 bits per heavy atom. The first-order valence-electron chi connectivity index (χ1n) is 8.41. The van der Waals surface area contributed by atoms with Crippen LogP contribution in [-0.2, 0) is 11.2 Å². The van der Waals surface area contributed by atoms with Crippen molar-refractivity contribution >= 4 is 0 Å². The molecule has 1 saturated heterocycles. The average molecular weight is 311 g/mol. The molecule has 23 heavy (non-hydrogen) atoms. The van der Waals surface area contributed by atoms with Crippen molar-refractivity contribution in [3.8, 4) is 0 Å². The summed E-state index contributed by atoms with van der Waals surface area (Å²) in [4.78, 5) is 0. The van der Waals surface area contributed by atoms with Gasteiger partial charge in [-0.1, -0.05) is 30.4 Å². The Morgan fingerprint density at radius 2 is 2.26 bits per heavy atom. The molecule has 4 rings (SSSR count). The molecular weight excluding hydrogens is 289 g/mol. The van der Waals surface area contributed by atoms with Crippen LogP contribution in [0.4, 0.5) is 4.39 Å². The van der Waals surface area contributed by atoms with Gasteiger partial charge >= 0.3 is 0 Å². The Balaban J connectivity index is 1.82. The van der Waals surface area contributed by atoms with Crippen molar-refractivity contribution in [3.63, 3.8) is 0 Å². The average Bonchev–Trinajstić information content (AvgIpc) is 2.75. The summed E-state index contributed by atoms with van der Waals surface area (Å²) in [6.07, 6.45) is 11.9. The smallest absolute Gasteiger partial charge is 0.123 e. The lowest BCUT2D eigenvalue weighted by Gasteiger charge is -2.20. The van der Waals surface area contributed by atoms with Crippen LogP contribution in [0.5, 0.6) is 0 Å². The van der Waals surface area contributed by atoms with Gasteiger partial charge in [0.1, 0.15) is 5.82 Å². The van der Waals surface area contributed by atoms with E-state index in [2.05, 4.69) is 29.6 Å². The van der Waals surface area contributed by atoms with Crippen LogP contribution in [0.15, 0.2) is 53.6 Å². The zero-order valence-corrected chi connectivity index (χ0v) is 13.4. The van der Waals surface area contributed by atoms with E-state index in [1.54, 1.807) is 12.1 Å². The van der Waals surface area contributed by atoms with Crippen LogP contribution in [-0.4, -0.2) is 19.7 Å². The van der Waals surface area contributed by atoms with Crippen molar-refractivity contribution in [1.82, 2.24) is 5.32 Å². The maximum Gasteiger partial charge on any atom is 0.123 e. The van der Waals surface area contributed by atoms with Crippen LogP contribution >= 0.6 is 0 Å². The van der Waals surface area contributed by atoms with Gasteiger partial charge in [-0.25, -0.2) is 4.39 Å². The quantitative estimate of drug-likeness (QED) is 0.895. The van der Waals surface area contributed by atoms with Crippen LogP contribution < -0.4 is 5.32 Å². The molecule has 1 fully saturated rings. The second-order valence-electron chi connectivity index (χ2n) is 6.61. The molecule has 0 bridgehead atoms. The van der Waals surface area contributed by atoms with Crippen molar-refractivity contribution in [2.75, 3.05) is 13.6 Å². The van der Waals surface area contributed by atoms with Gasteiger partial charge in [-0.2, -0.15) is 0 Å². The highest BCUT2D eigenvalue weighted by Gasteiger charge is 2.41. The van der Waals surface area contributed by atoms with E-state index < -0.39 is 0 Å². The Morgan fingerprint density at radius 3 is 3.13 bits per heavy atom. The number of allylic oxidation sites excluding steroid dienone is 5. The Labute approximate surface area is 136 Å². The zero-order valence-electron chi connectivity index (χ0n) is 13.4. The number of halogens is 1. The number of rotatable bonds is 2. The molecule has 3 heteroatoms. The summed E-state index contributed by atoms with van der Waals surface area (Å²) >= 11 is 0. The standard InChI is InChI=1S/C20H22FNO/c1-22-12-16-11-19-17-6-4-2-3-5-13(17)9-14-7-8-15(21)10-18(14)20(19)23-16/h2,4-8,10,16,19-20,22H,3,9,11-12H2,1H3/t16-,19-,20-/m1/s1. The fourth-order valence-electron chi connectivity index (χ4n) is 4.12. The summed E-state index contributed by atoms with van der Waals surface area (Å²) in [6.45, 7) is 0.833. The molecule has 0 unspecified atom stereocenters. The molecule has 1 aliphatic heterocycles. The van der Waals surface area contributed by atoms with Gasteiger partial charge in [-0.05, 0) is 60.7 Å². The van der Waals surface area contributed by atoms with Crippen molar-refractivity contribution < 1.29 is 9.13 Å². The number of hydrogen-bond acceptors (Lipinski definition) is 2. The highest BCUT2D eigenvalue weighted by atomic mass is 19.1. The summed E-state index contributed by atoms with van der Waals surface area (Å²) in [5.41, 5.74) is 4.98. The summed E-state index contributed by atoms with van der Waals surface area (Å²) < 4.78 is 20.2. The lowest BCUT2D eigenvalue weighted by molar-refractivity contribution is 0.0385. The van der Waals surface area contributed by atoms with Gasteiger partial charge in [0, 0.05) is 12.5 Å². The Bertz CT molecular complexity index is 704. The number of ether oxygens (including phenoxy) is 1. The van der Waals surface area contributed by atoms with Crippen LogP contribution in [0.1, 0.15) is 30.1 Å². The van der Waals surface area contributed by atoms with E-state index >= 15 is 0 Å². The summed E-state index contributed by atoms with van der Waals surface area (Å²) in [7, 11) is 1.95. The maximum atomic E-state index is 13.9. The number of fused-ring (bicyclic) bond motifs is 5. The summed E-state index contributed by atoms with van der Waals surface area (Å²) in [5, 5.41) is 3.21. The van der Waals surface area contributed by atoms with Crippen LogP contribution in [0.3, 0.4) is 0 Å². The molecule has 2 aliphatic carbocycles. The van der Waals surface area contributed by atoms with Crippen LogP contribution in [0, 0.1) is 11.7 Å². The third kappa shape index (κ3) is 2.68. The molecule has 1 aromatic rings. The van der Waals surface area contributed by atoms with E-state index in [9.17, 15) is 4.39 Å². The van der Waals surface area contributed by atoms with Crippen LogP contribution in [0.25, 0.3) is 0 Å². The van der Waals surface area contributed by atoms with Crippen molar-refractivity contribution in [2.45, 2.75) is 31.5 Å². The fourth-order valence-corrected chi connectivity index (χ4v) is 4.12. The predicted molar refractivity (Wildman–Crippen MR) is 89.7 cm³/mol. The van der Waals surface area contributed by atoms with Gasteiger partial charge in [0.25, 0.3) is 0 Å². The van der Waals surface area contributed by atoms with Crippen LogP contribution in [0.2, 0.25) is 0 Å². The highest BCUT2D eigenvalue weighted by Crippen LogP contribution is 2.48. The summed E-state index contributed by atoms with van der Waals surface area (Å²) in [5.74, 6) is 0.138. The van der Waals surface area contributed by atoms with Gasteiger partial charge in [0.2, 0.25) is 0 Å². The first-order valence-corrected chi connectivity index (χ1v) is 8.41. The minimum Gasteiger partial charge on any atom is -0.368 e. The van der Waals surface area contributed by atoms with Gasteiger partial charge < -0.3 is 10.1 Å². The van der Waals surface area contributed by atoms with E-state index in [1.807, 2.05) is 13.1 Å². The minimum absolute atomic E-state index is 0.0392. The molecule has 1 N–H and O–H groups in total. The number of benzene rings is 1. The summed E-state index contributed by atoms with van der Waals surface area (Å²) in [6, 6.07) is 5.17. The molecule has 0 amide bonds. The largest absolute Gasteiger partial charge is 0.368 e. The molecule has 0 spiro atoms. The van der Waals surface area contributed by atoms with Gasteiger partial charge in [0.15, 0.2) is 0 Å². The molecule has 3 atom stereocenters. The number of likely N-dealkylation sites (N-methyl/N-ethyl adjacent to an activating group) is 1. The van der Waals surface area contributed by atoms with E-state index in [1.165, 1.54) is 16.7 Å². The number of hydrogen-bond donors (Lipinski definition) is 1. The molecule has 1 aromatic carbocycles. The zero-order chi connectivity index (χ0) is 15.8. The highest BCUT2D eigenvalue weighted by molar-refractivity contribution is 5.48. The third-order valence-corrected chi connectivity index (χ3v) is 5.13. The fraction of sp³-hybridized carbons (Fsp3) is 0.400. The van der Waals surface area contributed by atoms with E-state index in [4.69, 9.17) is 4.74 Å². The lowest BCUT2D eigenvalue weighted by Crippen LogP contribution is -2.23. The molecule has 3 aliphatic rings. The van der Waals surface area contributed by atoms with Gasteiger partial charge in [-0.15, -0.1) is 0 Å². The molecule has 0 radical (unpaired) electrons. The van der Waals surface area contributed by atoms with Gasteiger partial charge in [-0.3, -0.25) is 0 Å². The van der Waals surface area contributed by atoms with Gasteiger partial charge in [0.05, 0.1) is 12.2 Å². The second kappa shape index (κ2) is 6.06.